The van der Waals surface area contributed by atoms with Gasteiger partial charge < -0.3 is 4.74 Å². The molecule has 0 amide bonds. The highest BCUT2D eigenvalue weighted by Crippen LogP contribution is 2.39. The summed E-state index contributed by atoms with van der Waals surface area (Å²) in [7, 11) is 0. The van der Waals surface area contributed by atoms with Crippen LogP contribution in [-0.2, 0) is 0 Å². The van der Waals surface area contributed by atoms with Crippen molar-refractivity contribution in [3.8, 4) is 5.75 Å². The normalized spacial score (nSPS) is 22.1. The molecule has 92 valence electrons. The van der Waals surface area contributed by atoms with Crippen LogP contribution in [0.5, 0.6) is 5.75 Å². The molecule has 1 aliphatic rings. The Bertz CT molecular complexity index is 527. The summed E-state index contributed by atoms with van der Waals surface area (Å²) in [6.07, 6.45) is 0.902. The van der Waals surface area contributed by atoms with E-state index >= 15 is 0 Å². The quantitative estimate of drug-likeness (QED) is 0.626. The Labute approximate surface area is 107 Å². The molecule has 0 bridgehead atoms. The Kier molecular flexibility index (Phi) is 3.00. The molecule has 3 nitrogen and oxygen atoms in total. The summed E-state index contributed by atoms with van der Waals surface area (Å²) in [4.78, 5) is 0. The molecule has 0 saturated heterocycles. The Morgan fingerprint density at radius 1 is 1.00 bits per heavy atom. The van der Waals surface area contributed by atoms with E-state index in [1.807, 2.05) is 36.4 Å². The molecule has 0 aliphatic carbocycles. The van der Waals surface area contributed by atoms with Gasteiger partial charge in [-0.3, -0.25) is 11.3 Å². The number of nitrogens with two attached hydrogens (primary N) is 1. The molecule has 0 aromatic heterocycles. The van der Waals surface area contributed by atoms with E-state index in [4.69, 9.17) is 10.6 Å². The average molecular weight is 240 g/mol. The number of ether oxygens (including phenoxy) is 1. The van der Waals surface area contributed by atoms with Crippen LogP contribution in [0.25, 0.3) is 0 Å². The molecular formula is C15H16N2O. The van der Waals surface area contributed by atoms with Gasteiger partial charge in [0.1, 0.15) is 11.9 Å². The van der Waals surface area contributed by atoms with Crippen LogP contribution < -0.4 is 16.0 Å². The molecule has 18 heavy (non-hydrogen) atoms. The molecule has 0 radical (unpaired) electrons. The Hall–Kier alpha value is -1.84. The van der Waals surface area contributed by atoms with Crippen LogP contribution >= 0.6 is 0 Å². The van der Waals surface area contributed by atoms with Gasteiger partial charge in [0.25, 0.3) is 0 Å². The van der Waals surface area contributed by atoms with E-state index in [-0.39, 0.29) is 12.1 Å². The number of hydrogen-bond acceptors (Lipinski definition) is 3. The van der Waals surface area contributed by atoms with Gasteiger partial charge in [0.2, 0.25) is 0 Å². The summed E-state index contributed by atoms with van der Waals surface area (Å²) >= 11 is 0. The fourth-order valence-electron chi connectivity index (χ4n) is 2.45. The Balaban J connectivity index is 1.95. The molecule has 1 aliphatic heterocycles. The van der Waals surface area contributed by atoms with Gasteiger partial charge >= 0.3 is 0 Å². The van der Waals surface area contributed by atoms with Gasteiger partial charge in [0.15, 0.2) is 0 Å². The lowest BCUT2D eigenvalue weighted by atomic mass is 9.93. The van der Waals surface area contributed by atoms with Crippen molar-refractivity contribution in [2.75, 3.05) is 0 Å². The summed E-state index contributed by atoms with van der Waals surface area (Å²) in [5.74, 6) is 6.57. The zero-order valence-electron chi connectivity index (χ0n) is 10.0. The predicted molar refractivity (Wildman–Crippen MR) is 70.9 cm³/mol. The third-order valence-corrected chi connectivity index (χ3v) is 3.39. The van der Waals surface area contributed by atoms with E-state index in [1.54, 1.807) is 0 Å². The second-order valence-corrected chi connectivity index (χ2v) is 4.51. The van der Waals surface area contributed by atoms with Crippen molar-refractivity contribution >= 4 is 0 Å². The first kappa shape index (κ1) is 11.3. The van der Waals surface area contributed by atoms with E-state index in [1.165, 1.54) is 5.56 Å². The second-order valence-electron chi connectivity index (χ2n) is 4.51. The molecule has 0 unspecified atom stereocenters. The monoisotopic (exact) mass is 240 g/mol. The van der Waals surface area contributed by atoms with E-state index in [2.05, 4.69) is 23.6 Å². The van der Waals surface area contributed by atoms with Gasteiger partial charge in [0.05, 0.1) is 6.04 Å². The molecule has 2 atom stereocenters. The lowest BCUT2D eigenvalue weighted by Crippen LogP contribution is -2.33. The first-order valence-electron chi connectivity index (χ1n) is 6.15. The van der Waals surface area contributed by atoms with Crippen LogP contribution in [0.2, 0.25) is 0 Å². The van der Waals surface area contributed by atoms with Crippen LogP contribution in [-0.4, -0.2) is 0 Å². The molecule has 1 heterocycles. The number of nitrogens with one attached hydrogen (secondary N) is 1. The third-order valence-electron chi connectivity index (χ3n) is 3.39. The van der Waals surface area contributed by atoms with Crippen molar-refractivity contribution in [1.82, 2.24) is 5.43 Å². The van der Waals surface area contributed by atoms with Gasteiger partial charge in [0, 0.05) is 12.0 Å². The summed E-state index contributed by atoms with van der Waals surface area (Å²) in [6, 6.07) is 18.4. The van der Waals surface area contributed by atoms with Crippen molar-refractivity contribution in [2.45, 2.75) is 18.6 Å². The zero-order chi connectivity index (χ0) is 12.4. The Morgan fingerprint density at radius 2 is 1.72 bits per heavy atom. The summed E-state index contributed by atoms with van der Waals surface area (Å²) in [5.41, 5.74) is 5.20. The molecule has 2 aromatic rings. The SMILES string of the molecule is NN[C@@H]1C[C@H](c2ccccc2)Oc2ccccc21. The van der Waals surface area contributed by atoms with Crippen molar-refractivity contribution in [3.05, 3.63) is 65.7 Å². The third kappa shape index (κ3) is 1.98. The van der Waals surface area contributed by atoms with E-state index < -0.39 is 0 Å². The van der Waals surface area contributed by atoms with Crippen molar-refractivity contribution in [3.63, 3.8) is 0 Å². The summed E-state index contributed by atoms with van der Waals surface area (Å²) in [6.45, 7) is 0. The number of hydrogen-bond donors (Lipinski definition) is 2. The van der Waals surface area contributed by atoms with Gasteiger partial charge in [-0.1, -0.05) is 48.5 Å². The van der Waals surface area contributed by atoms with Crippen LogP contribution in [0.1, 0.15) is 29.7 Å². The van der Waals surface area contributed by atoms with Gasteiger partial charge in [-0.15, -0.1) is 0 Å². The van der Waals surface area contributed by atoms with Gasteiger partial charge in [-0.2, -0.15) is 0 Å². The minimum atomic E-state index is 0.0575. The predicted octanol–water partition coefficient (Wildman–Crippen LogP) is 2.71. The smallest absolute Gasteiger partial charge is 0.126 e. The molecule has 3 rings (SSSR count). The molecule has 0 saturated carbocycles. The lowest BCUT2D eigenvalue weighted by molar-refractivity contribution is 0.151. The van der Waals surface area contributed by atoms with Gasteiger partial charge in [-0.05, 0) is 11.6 Å². The van der Waals surface area contributed by atoms with E-state index in [0.717, 1.165) is 17.7 Å². The summed E-state index contributed by atoms with van der Waals surface area (Å²) in [5, 5.41) is 0. The topological polar surface area (TPSA) is 47.3 Å². The van der Waals surface area contributed by atoms with Crippen molar-refractivity contribution < 1.29 is 4.74 Å². The van der Waals surface area contributed by atoms with Crippen LogP contribution in [0.15, 0.2) is 54.6 Å². The number of para-hydroxylation sites is 1. The highest BCUT2D eigenvalue weighted by atomic mass is 16.5. The number of hydrazine groups is 1. The van der Waals surface area contributed by atoms with Crippen LogP contribution in [0.3, 0.4) is 0 Å². The first-order valence-corrected chi connectivity index (χ1v) is 6.15. The van der Waals surface area contributed by atoms with Crippen LogP contribution in [0.4, 0.5) is 0 Å². The molecule has 3 heteroatoms. The number of benzene rings is 2. The maximum absolute atomic E-state index is 6.05. The minimum absolute atomic E-state index is 0.0575. The molecule has 2 aromatic carbocycles. The molecule has 0 spiro atoms. The first-order chi connectivity index (χ1) is 8.88. The highest BCUT2D eigenvalue weighted by Gasteiger charge is 2.28. The number of rotatable bonds is 2. The number of fused-ring (bicyclic) bond motifs is 1. The standard InChI is InChI=1S/C15H16N2O/c16-17-13-10-15(11-6-2-1-3-7-11)18-14-9-5-4-8-12(13)14/h1-9,13,15,17H,10,16H2/t13-,15-/m1/s1. The average Bonchev–Trinajstić information content (AvgIpc) is 2.47. The molecule has 3 N–H and O–H groups in total. The maximum atomic E-state index is 6.05. The van der Waals surface area contributed by atoms with Crippen molar-refractivity contribution in [2.24, 2.45) is 5.84 Å². The zero-order valence-corrected chi connectivity index (χ0v) is 10.0. The molecule has 0 fully saturated rings. The lowest BCUT2D eigenvalue weighted by Gasteiger charge is -2.32. The fraction of sp³-hybridized carbons (Fsp3) is 0.200. The largest absolute Gasteiger partial charge is 0.485 e. The van der Waals surface area contributed by atoms with E-state index in [0.29, 0.717) is 0 Å². The van der Waals surface area contributed by atoms with Crippen LogP contribution in [0, 0.1) is 0 Å². The fourth-order valence-corrected chi connectivity index (χ4v) is 2.45. The maximum Gasteiger partial charge on any atom is 0.126 e. The summed E-state index contributed by atoms with van der Waals surface area (Å²) < 4.78 is 6.05. The second kappa shape index (κ2) is 4.80. The minimum Gasteiger partial charge on any atom is -0.485 e. The van der Waals surface area contributed by atoms with Crippen molar-refractivity contribution in [1.29, 1.82) is 0 Å². The highest BCUT2D eigenvalue weighted by molar-refractivity contribution is 5.39. The Morgan fingerprint density at radius 3 is 2.50 bits per heavy atom. The van der Waals surface area contributed by atoms with Gasteiger partial charge in [-0.25, -0.2) is 0 Å². The molecular weight excluding hydrogens is 224 g/mol. The van der Waals surface area contributed by atoms with E-state index in [9.17, 15) is 0 Å².